The molecule has 8 heteroatoms. The Morgan fingerprint density at radius 3 is 2.66 bits per heavy atom. The number of anilines is 1. The normalized spacial score (nSPS) is 26.1. The van der Waals surface area contributed by atoms with Gasteiger partial charge < -0.3 is 23.8 Å². The molecule has 6 rings (SSSR count). The van der Waals surface area contributed by atoms with Gasteiger partial charge in [0.1, 0.15) is 13.2 Å². The summed E-state index contributed by atoms with van der Waals surface area (Å²) < 4.78 is 13.1. The van der Waals surface area contributed by atoms with Gasteiger partial charge in [-0.15, -0.1) is 0 Å². The molecular formula is C24H25N3O5. The lowest BCUT2D eigenvalue weighted by atomic mass is 9.82. The number of benzene rings is 1. The first-order valence-corrected chi connectivity index (χ1v) is 11.3. The van der Waals surface area contributed by atoms with Crippen molar-refractivity contribution in [1.29, 1.82) is 0 Å². The molecule has 32 heavy (non-hydrogen) atoms. The van der Waals surface area contributed by atoms with Crippen LogP contribution < -0.4 is 19.9 Å². The van der Waals surface area contributed by atoms with Crippen molar-refractivity contribution in [1.82, 2.24) is 9.47 Å². The Morgan fingerprint density at radius 1 is 0.938 bits per heavy atom. The van der Waals surface area contributed by atoms with Gasteiger partial charge in [-0.1, -0.05) is 6.07 Å². The van der Waals surface area contributed by atoms with Crippen LogP contribution in [0.1, 0.15) is 24.5 Å². The van der Waals surface area contributed by atoms with Gasteiger partial charge in [-0.2, -0.15) is 0 Å². The molecule has 4 aliphatic heterocycles. The number of hydrogen-bond donors (Lipinski definition) is 0. The van der Waals surface area contributed by atoms with Crippen molar-refractivity contribution >= 4 is 17.5 Å². The number of piperidine rings is 1. The van der Waals surface area contributed by atoms with Crippen LogP contribution in [0.25, 0.3) is 0 Å². The molecule has 2 aromatic rings. The fourth-order valence-corrected chi connectivity index (χ4v) is 5.66. The van der Waals surface area contributed by atoms with Crippen molar-refractivity contribution in [2.45, 2.75) is 25.3 Å². The average molecular weight is 435 g/mol. The third-order valence-electron chi connectivity index (χ3n) is 7.10. The van der Waals surface area contributed by atoms with Gasteiger partial charge >= 0.3 is 0 Å². The highest BCUT2D eigenvalue weighted by Gasteiger charge is 2.42. The molecule has 5 heterocycles. The van der Waals surface area contributed by atoms with E-state index in [-0.39, 0.29) is 41.5 Å². The molecule has 0 spiro atoms. The first-order chi connectivity index (χ1) is 15.6. The average Bonchev–Trinajstić information content (AvgIpc) is 3.20. The topological polar surface area (TPSA) is 81.1 Å². The van der Waals surface area contributed by atoms with Crippen LogP contribution in [0.2, 0.25) is 0 Å². The summed E-state index contributed by atoms with van der Waals surface area (Å²) in [5, 5.41) is 0. The molecule has 2 fully saturated rings. The third-order valence-corrected chi connectivity index (χ3v) is 7.10. The Morgan fingerprint density at radius 2 is 1.78 bits per heavy atom. The number of hydrogen-bond acceptors (Lipinski definition) is 5. The zero-order valence-electron chi connectivity index (χ0n) is 17.7. The summed E-state index contributed by atoms with van der Waals surface area (Å²) in [7, 11) is 0. The van der Waals surface area contributed by atoms with Crippen LogP contribution >= 0.6 is 0 Å². The van der Waals surface area contributed by atoms with E-state index in [1.54, 1.807) is 17.0 Å². The maximum atomic E-state index is 13.4. The molecule has 3 atom stereocenters. The van der Waals surface area contributed by atoms with E-state index in [1.165, 1.54) is 0 Å². The molecule has 2 amide bonds. The summed E-state index contributed by atoms with van der Waals surface area (Å²) in [4.78, 5) is 42.0. The first kappa shape index (κ1) is 19.4. The highest BCUT2D eigenvalue weighted by atomic mass is 16.6. The minimum atomic E-state index is -0.354. The largest absolute Gasteiger partial charge is 0.486 e. The standard InChI is InChI=1S/C24H25N3O5/c28-22-3-1-2-19-16-8-15(12-27(19)22)11-25(13-16)24(30)17-9-23(29)26(14-17)18-4-5-20-21(10-18)32-7-6-31-20/h1-5,10,15-17H,6-9,11-14H2. The van der Waals surface area contributed by atoms with Crippen molar-refractivity contribution in [3.8, 4) is 11.5 Å². The summed E-state index contributed by atoms with van der Waals surface area (Å²) >= 11 is 0. The highest BCUT2D eigenvalue weighted by molar-refractivity contribution is 6.00. The Balaban J connectivity index is 1.19. The maximum absolute atomic E-state index is 13.4. The van der Waals surface area contributed by atoms with Crippen molar-refractivity contribution in [2.24, 2.45) is 11.8 Å². The van der Waals surface area contributed by atoms with Gasteiger partial charge in [-0.25, -0.2) is 0 Å². The van der Waals surface area contributed by atoms with Gasteiger partial charge in [0.15, 0.2) is 11.5 Å². The molecule has 3 unspecified atom stereocenters. The number of fused-ring (bicyclic) bond motifs is 5. The third kappa shape index (κ3) is 3.16. The summed E-state index contributed by atoms with van der Waals surface area (Å²) in [5.41, 5.74) is 1.79. The molecule has 8 nitrogen and oxygen atoms in total. The van der Waals surface area contributed by atoms with Crippen LogP contribution in [-0.2, 0) is 16.1 Å². The number of pyridine rings is 1. The molecule has 2 bridgehead atoms. The molecule has 1 aromatic carbocycles. The summed E-state index contributed by atoms with van der Waals surface area (Å²) in [5.74, 6) is 1.40. The predicted molar refractivity (Wildman–Crippen MR) is 116 cm³/mol. The lowest BCUT2D eigenvalue weighted by Gasteiger charge is -2.43. The molecule has 2 saturated heterocycles. The first-order valence-electron chi connectivity index (χ1n) is 11.3. The van der Waals surface area contributed by atoms with E-state index in [9.17, 15) is 14.4 Å². The second-order valence-electron chi connectivity index (χ2n) is 9.17. The van der Waals surface area contributed by atoms with E-state index in [0.29, 0.717) is 50.9 Å². The highest BCUT2D eigenvalue weighted by Crippen LogP contribution is 2.38. The van der Waals surface area contributed by atoms with E-state index >= 15 is 0 Å². The molecule has 4 aliphatic rings. The lowest BCUT2D eigenvalue weighted by Crippen LogP contribution is -2.50. The number of nitrogens with zero attached hydrogens (tertiary/aromatic N) is 3. The Hall–Kier alpha value is -3.29. The number of aromatic nitrogens is 1. The second kappa shape index (κ2) is 7.39. The van der Waals surface area contributed by atoms with Crippen molar-refractivity contribution < 1.29 is 19.1 Å². The molecular weight excluding hydrogens is 410 g/mol. The number of carbonyl (C=O) groups is 2. The fraction of sp³-hybridized carbons (Fsp3) is 0.458. The van der Waals surface area contributed by atoms with Crippen LogP contribution in [0.4, 0.5) is 5.69 Å². The van der Waals surface area contributed by atoms with E-state index < -0.39 is 0 Å². The van der Waals surface area contributed by atoms with Gasteiger partial charge in [0.2, 0.25) is 11.8 Å². The van der Waals surface area contributed by atoms with Gasteiger partial charge in [-0.3, -0.25) is 14.4 Å². The molecule has 0 aliphatic carbocycles. The predicted octanol–water partition coefficient (Wildman–Crippen LogP) is 1.62. The molecule has 0 radical (unpaired) electrons. The van der Waals surface area contributed by atoms with Gasteiger partial charge in [0.05, 0.1) is 5.92 Å². The zero-order valence-corrected chi connectivity index (χ0v) is 17.7. The molecule has 166 valence electrons. The molecule has 1 aromatic heterocycles. The van der Waals surface area contributed by atoms with Crippen LogP contribution in [0.3, 0.4) is 0 Å². The van der Waals surface area contributed by atoms with Crippen LogP contribution in [-0.4, -0.2) is 54.1 Å². The Kier molecular flexibility index (Phi) is 4.48. The SMILES string of the molecule is O=C(C1CC(=O)N(c2ccc3c(c2)OCCO3)C1)N1CC2CC(C1)c1cccc(=O)n1C2. The Bertz CT molecular complexity index is 1160. The van der Waals surface area contributed by atoms with E-state index in [2.05, 4.69) is 0 Å². The minimum absolute atomic E-state index is 0.0356. The fourth-order valence-electron chi connectivity index (χ4n) is 5.66. The van der Waals surface area contributed by atoms with Gasteiger partial charge in [0.25, 0.3) is 5.56 Å². The lowest BCUT2D eigenvalue weighted by molar-refractivity contribution is -0.138. The number of amides is 2. The van der Waals surface area contributed by atoms with Crippen LogP contribution in [0, 0.1) is 11.8 Å². The summed E-state index contributed by atoms with van der Waals surface area (Å²) in [6, 6.07) is 10.9. The van der Waals surface area contributed by atoms with Gasteiger partial charge in [-0.05, 0) is 30.5 Å². The summed E-state index contributed by atoms with van der Waals surface area (Å²) in [6.45, 7) is 3.28. The number of likely N-dealkylation sites (tertiary alicyclic amines) is 1. The maximum Gasteiger partial charge on any atom is 0.250 e. The smallest absolute Gasteiger partial charge is 0.250 e. The summed E-state index contributed by atoms with van der Waals surface area (Å²) in [6.07, 6.45) is 1.22. The Labute approximate surface area is 185 Å². The monoisotopic (exact) mass is 435 g/mol. The van der Waals surface area contributed by atoms with Crippen molar-refractivity contribution in [3.63, 3.8) is 0 Å². The van der Waals surface area contributed by atoms with Crippen LogP contribution in [0.5, 0.6) is 11.5 Å². The van der Waals surface area contributed by atoms with Crippen molar-refractivity contribution in [3.05, 3.63) is 52.4 Å². The van der Waals surface area contributed by atoms with Crippen molar-refractivity contribution in [2.75, 3.05) is 37.7 Å². The number of carbonyl (C=O) groups excluding carboxylic acids is 2. The minimum Gasteiger partial charge on any atom is -0.486 e. The molecule has 0 saturated carbocycles. The van der Waals surface area contributed by atoms with Gasteiger partial charge in [0, 0.05) is 62.0 Å². The second-order valence-corrected chi connectivity index (χ2v) is 9.17. The number of ether oxygens (including phenoxy) is 2. The molecule has 0 N–H and O–H groups in total. The number of rotatable bonds is 2. The van der Waals surface area contributed by atoms with E-state index in [1.807, 2.05) is 33.7 Å². The van der Waals surface area contributed by atoms with E-state index in [4.69, 9.17) is 9.47 Å². The van der Waals surface area contributed by atoms with E-state index in [0.717, 1.165) is 17.8 Å². The zero-order chi connectivity index (χ0) is 21.8. The quantitative estimate of drug-likeness (QED) is 0.716. The van der Waals surface area contributed by atoms with Crippen LogP contribution in [0.15, 0.2) is 41.2 Å².